The molecule has 4 N–H and O–H groups in total. The minimum atomic E-state index is -4.93. The summed E-state index contributed by atoms with van der Waals surface area (Å²) in [6, 6.07) is 7.67. The van der Waals surface area contributed by atoms with Gasteiger partial charge in [-0.05, 0) is 13.0 Å². The number of nitrogens with zero attached hydrogens (tertiary/aromatic N) is 5. The molecule has 12 heteroatoms. The Bertz CT molecular complexity index is 1340. The first-order valence-electron chi connectivity index (χ1n) is 9.24. The van der Waals surface area contributed by atoms with Crippen LogP contribution in [-0.4, -0.2) is 42.1 Å². The molecule has 0 spiro atoms. The van der Waals surface area contributed by atoms with Crippen molar-refractivity contribution in [2.45, 2.75) is 19.1 Å². The molecule has 0 bridgehead atoms. The number of benzene rings is 1. The summed E-state index contributed by atoms with van der Waals surface area (Å²) in [7, 11) is 0. The molecule has 1 unspecified atom stereocenters. The number of nitrogens with two attached hydrogens (primary N) is 2. The zero-order valence-electron chi connectivity index (χ0n) is 16.5. The largest absolute Gasteiger partial charge is 0.416 e. The van der Waals surface area contributed by atoms with Crippen molar-refractivity contribution in [1.82, 2.24) is 24.1 Å². The number of amides is 2. The molecule has 0 aliphatic heterocycles. The van der Waals surface area contributed by atoms with Crippen LogP contribution in [0.2, 0.25) is 0 Å². The summed E-state index contributed by atoms with van der Waals surface area (Å²) in [6.07, 6.45) is -1.94. The molecule has 164 valence electrons. The van der Waals surface area contributed by atoms with Gasteiger partial charge in [0.2, 0.25) is 5.78 Å². The summed E-state index contributed by atoms with van der Waals surface area (Å²) in [5.41, 5.74) is 9.92. The molecule has 3 heterocycles. The second-order valence-corrected chi connectivity index (χ2v) is 6.98. The molecule has 4 rings (SSSR count). The fourth-order valence-electron chi connectivity index (χ4n) is 3.48. The van der Waals surface area contributed by atoms with E-state index in [-0.39, 0.29) is 11.5 Å². The number of rotatable bonds is 5. The fourth-order valence-corrected chi connectivity index (χ4v) is 3.48. The van der Waals surface area contributed by atoms with E-state index < -0.39 is 41.0 Å². The molecule has 0 saturated carbocycles. The third-order valence-corrected chi connectivity index (χ3v) is 4.82. The van der Waals surface area contributed by atoms with E-state index in [9.17, 15) is 22.8 Å². The van der Waals surface area contributed by atoms with Crippen LogP contribution in [0.4, 0.5) is 13.2 Å². The van der Waals surface area contributed by atoms with Crippen molar-refractivity contribution in [2.24, 2.45) is 11.5 Å². The Balaban J connectivity index is 1.90. The van der Waals surface area contributed by atoms with Crippen molar-refractivity contribution >= 4 is 17.6 Å². The molecule has 9 nitrogen and oxygen atoms in total. The molecular weight excluding hydrogens is 427 g/mol. The normalized spacial score (nSPS) is 12.8. The Hall–Kier alpha value is -4.22. The smallest absolute Gasteiger partial charge is 0.365 e. The predicted octanol–water partition coefficient (Wildman–Crippen LogP) is 2.25. The van der Waals surface area contributed by atoms with E-state index in [0.717, 1.165) is 11.6 Å². The highest BCUT2D eigenvalue weighted by Crippen LogP contribution is 2.37. The number of halogens is 3. The van der Waals surface area contributed by atoms with E-state index in [4.69, 9.17) is 11.5 Å². The van der Waals surface area contributed by atoms with Crippen LogP contribution in [-0.2, 0) is 0 Å². The monoisotopic (exact) mass is 443 g/mol. The Morgan fingerprint density at radius 2 is 1.72 bits per heavy atom. The van der Waals surface area contributed by atoms with Crippen LogP contribution < -0.4 is 11.5 Å². The number of aryl methyl sites for hydroxylation is 1. The van der Waals surface area contributed by atoms with E-state index >= 15 is 0 Å². The van der Waals surface area contributed by atoms with Crippen molar-refractivity contribution in [3.63, 3.8) is 0 Å². The number of aromatic nitrogens is 5. The summed E-state index contributed by atoms with van der Waals surface area (Å²) in [5.74, 6) is -2.38. The highest BCUT2D eigenvalue weighted by Gasteiger charge is 2.46. The van der Waals surface area contributed by atoms with Gasteiger partial charge in [-0.1, -0.05) is 30.3 Å². The van der Waals surface area contributed by atoms with Gasteiger partial charge in [0.25, 0.3) is 11.8 Å². The van der Waals surface area contributed by atoms with Gasteiger partial charge < -0.3 is 11.5 Å². The zero-order valence-corrected chi connectivity index (χ0v) is 16.5. The van der Waals surface area contributed by atoms with Crippen LogP contribution in [0.1, 0.15) is 38.3 Å². The molecule has 1 aromatic carbocycles. The average molecular weight is 443 g/mol. The lowest BCUT2D eigenvalue weighted by Crippen LogP contribution is -2.33. The van der Waals surface area contributed by atoms with Crippen LogP contribution in [0.5, 0.6) is 0 Å². The molecule has 3 aromatic heterocycles. The van der Waals surface area contributed by atoms with Gasteiger partial charge in [0.05, 0.1) is 22.6 Å². The SMILES string of the molecule is Cc1nn(C(c2ccn3cc(-c4ccccc4)nc3n2)C(F)(F)F)c(C(N)=O)c1C(N)=O. The Morgan fingerprint density at radius 1 is 1.03 bits per heavy atom. The molecule has 0 radical (unpaired) electrons. The molecule has 0 fully saturated rings. The first-order valence-corrected chi connectivity index (χ1v) is 9.24. The number of hydrogen-bond donors (Lipinski definition) is 2. The van der Waals surface area contributed by atoms with Gasteiger partial charge in [-0.3, -0.25) is 14.0 Å². The van der Waals surface area contributed by atoms with Gasteiger partial charge in [0, 0.05) is 18.0 Å². The maximum absolute atomic E-state index is 14.2. The molecule has 0 aliphatic rings. The summed E-state index contributed by atoms with van der Waals surface area (Å²) < 4.78 is 44.3. The van der Waals surface area contributed by atoms with Gasteiger partial charge in [-0.25, -0.2) is 14.6 Å². The second kappa shape index (κ2) is 7.48. The van der Waals surface area contributed by atoms with E-state index in [2.05, 4.69) is 15.1 Å². The minimum Gasteiger partial charge on any atom is -0.365 e. The second-order valence-electron chi connectivity index (χ2n) is 6.98. The highest BCUT2D eigenvalue weighted by molar-refractivity contribution is 6.05. The van der Waals surface area contributed by atoms with Crippen molar-refractivity contribution in [3.8, 4) is 11.3 Å². The molecule has 32 heavy (non-hydrogen) atoms. The first-order chi connectivity index (χ1) is 15.1. The van der Waals surface area contributed by atoms with E-state index in [0.29, 0.717) is 10.4 Å². The number of hydrogen-bond acceptors (Lipinski definition) is 5. The van der Waals surface area contributed by atoms with Crippen LogP contribution >= 0.6 is 0 Å². The minimum absolute atomic E-state index is 0.00947. The quantitative estimate of drug-likeness (QED) is 0.488. The van der Waals surface area contributed by atoms with Crippen LogP contribution in [0.25, 0.3) is 17.0 Å². The lowest BCUT2D eigenvalue weighted by atomic mass is 10.1. The molecule has 1 atom stereocenters. The number of carbonyl (C=O) groups excluding carboxylic acids is 2. The number of primary amides is 2. The topological polar surface area (TPSA) is 134 Å². The predicted molar refractivity (Wildman–Crippen MR) is 107 cm³/mol. The average Bonchev–Trinajstić information content (AvgIpc) is 3.28. The van der Waals surface area contributed by atoms with E-state index in [1.165, 1.54) is 17.5 Å². The lowest BCUT2D eigenvalue weighted by molar-refractivity contribution is -0.160. The number of imidazole rings is 1. The molecule has 4 aromatic rings. The lowest BCUT2D eigenvalue weighted by Gasteiger charge is -2.21. The number of carbonyl (C=O) groups is 2. The number of alkyl halides is 3. The van der Waals surface area contributed by atoms with Crippen molar-refractivity contribution < 1.29 is 22.8 Å². The van der Waals surface area contributed by atoms with Crippen molar-refractivity contribution in [3.05, 3.63) is 71.4 Å². The summed E-state index contributed by atoms with van der Waals surface area (Å²) in [5, 5.41) is 3.76. The van der Waals surface area contributed by atoms with Crippen LogP contribution in [0, 0.1) is 6.92 Å². The Morgan fingerprint density at radius 3 is 2.31 bits per heavy atom. The van der Waals surface area contributed by atoms with Crippen molar-refractivity contribution in [1.29, 1.82) is 0 Å². The Kier molecular flexibility index (Phi) is 4.92. The number of fused-ring (bicyclic) bond motifs is 1. The van der Waals surface area contributed by atoms with Crippen molar-refractivity contribution in [2.75, 3.05) is 0 Å². The summed E-state index contributed by atoms with van der Waals surface area (Å²) in [6.45, 7) is 1.26. The summed E-state index contributed by atoms with van der Waals surface area (Å²) >= 11 is 0. The molecule has 0 saturated heterocycles. The first kappa shape index (κ1) is 21.0. The third kappa shape index (κ3) is 3.55. The van der Waals surface area contributed by atoms with E-state index in [1.807, 2.05) is 6.07 Å². The fraction of sp³-hybridized carbons (Fsp3) is 0.150. The van der Waals surface area contributed by atoms with Gasteiger partial charge in [0.15, 0.2) is 6.04 Å². The standard InChI is InChI=1S/C20H16F3N7O2/c1-10-14(17(24)31)15(18(25)32)30(28-10)16(20(21,22)23)12-7-8-29-9-13(27-19(29)26-12)11-5-3-2-4-6-11/h2-9,16H,1H3,(H2,24,31)(H2,25,32). The van der Waals surface area contributed by atoms with Crippen LogP contribution in [0.15, 0.2) is 48.8 Å². The molecular formula is C20H16F3N7O2. The van der Waals surface area contributed by atoms with Gasteiger partial charge in [-0.15, -0.1) is 0 Å². The maximum atomic E-state index is 14.2. The van der Waals surface area contributed by atoms with E-state index in [1.54, 1.807) is 30.5 Å². The molecule has 2 amide bonds. The maximum Gasteiger partial charge on any atom is 0.416 e. The highest BCUT2D eigenvalue weighted by atomic mass is 19.4. The van der Waals surface area contributed by atoms with Gasteiger partial charge in [-0.2, -0.15) is 18.3 Å². The molecule has 0 aliphatic carbocycles. The van der Waals surface area contributed by atoms with Crippen LogP contribution in [0.3, 0.4) is 0 Å². The van der Waals surface area contributed by atoms with Gasteiger partial charge in [0.1, 0.15) is 5.69 Å². The Labute approximate surface area is 178 Å². The van der Waals surface area contributed by atoms with Gasteiger partial charge >= 0.3 is 6.18 Å². The third-order valence-electron chi connectivity index (χ3n) is 4.82. The summed E-state index contributed by atoms with van der Waals surface area (Å²) in [4.78, 5) is 32.0. The zero-order chi connectivity index (χ0) is 23.2.